The van der Waals surface area contributed by atoms with Gasteiger partial charge in [-0.25, -0.2) is 4.39 Å². The number of methoxy groups -OCH3 is 2. The number of amides is 1. The number of carbonyl (C=O) groups excluding carboxylic acids is 1. The van der Waals surface area contributed by atoms with E-state index >= 15 is 0 Å². The number of benzene rings is 2. The fourth-order valence-corrected chi connectivity index (χ4v) is 4.21. The van der Waals surface area contributed by atoms with Crippen LogP contribution in [0.2, 0.25) is 0 Å². The molecule has 2 aromatic carbocycles. The Bertz CT molecular complexity index is 894. The molecule has 0 atom stereocenters. The quantitative estimate of drug-likeness (QED) is 0.597. The topological polar surface area (TPSA) is 42.0 Å². The first kappa shape index (κ1) is 23.1. The molecule has 0 saturated carbocycles. The number of rotatable bonds is 8. The van der Waals surface area contributed by atoms with Gasteiger partial charge in [-0.05, 0) is 62.1 Å². The third-order valence-electron chi connectivity index (χ3n) is 5.97. The minimum atomic E-state index is -0.269. The van der Waals surface area contributed by atoms with Gasteiger partial charge in [-0.15, -0.1) is 0 Å². The molecule has 0 spiro atoms. The summed E-state index contributed by atoms with van der Waals surface area (Å²) >= 11 is 0. The highest BCUT2D eigenvalue weighted by molar-refractivity contribution is 5.94. The van der Waals surface area contributed by atoms with Crippen molar-refractivity contribution in [3.8, 4) is 11.5 Å². The average Bonchev–Trinajstić information content (AvgIpc) is 2.77. The Balaban J connectivity index is 1.72. The molecule has 0 N–H and O–H groups in total. The average molecular weight is 429 g/mol. The SMILES string of the molecule is CCCC(=O)N(c1ccc(C)c(F)c1)C1CCN(Cc2cc(OC)ccc2OC)CC1. The fourth-order valence-electron chi connectivity index (χ4n) is 4.21. The van der Waals surface area contributed by atoms with Crippen molar-refractivity contribution in [2.45, 2.75) is 52.1 Å². The zero-order valence-corrected chi connectivity index (χ0v) is 19.0. The van der Waals surface area contributed by atoms with Crippen molar-refractivity contribution in [2.75, 3.05) is 32.2 Å². The van der Waals surface area contributed by atoms with Crippen molar-refractivity contribution in [1.29, 1.82) is 0 Å². The van der Waals surface area contributed by atoms with Crippen molar-refractivity contribution in [3.63, 3.8) is 0 Å². The zero-order valence-electron chi connectivity index (χ0n) is 19.0. The molecule has 0 aromatic heterocycles. The number of aryl methyl sites for hydroxylation is 1. The van der Waals surface area contributed by atoms with Gasteiger partial charge in [-0.3, -0.25) is 9.69 Å². The molecule has 6 heteroatoms. The van der Waals surface area contributed by atoms with E-state index in [1.54, 1.807) is 27.2 Å². The molecule has 1 saturated heterocycles. The Morgan fingerprint density at radius 3 is 2.48 bits per heavy atom. The molecule has 2 aromatic rings. The van der Waals surface area contributed by atoms with E-state index < -0.39 is 0 Å². The van der Waals surface area contributed by atoms with E-state index in [2.05, 4.69) is 4.90 Å². The maximum atomic E-state index is 14.2. The number of halogens is 1. The largest absolute Gasteiger partial charge is 0.497 e. The molecule has 0 aliphatic carbocycles. The van der Waals surface area contributed by atoms with E-state index in [1.165, 1.54) is 6.07 Å². The van der Waals surface area contributed by atoms with Gasteiger partial charge in [0.1, 0.15) is 17.3 Å². The Labute approximate surface area is 184 Å². The van der Waals surface area contributed by atoms with Gasteiger partial charge in [0, 0.05) is 43.3 Å². The number of hydrogen-bond acceptors (Lipinski definition) is 4. The van der Waals surface area contributed by atoms with Crippen LogP contribution in [0.5, 0.6) is 11.5 Å². The summed E-state index contributed by atoms with van der Waals surface area (Å²) in [6.07, 6.45) is 2.93. The first-order chi connectivity index (χ1) is 15.0. The van der Waals surface area contributed by atoms with Crippen LogP contribution in [0, 0.1) is 12.7 Å². The second kappa shape index (κ2) is 10.6. The second-order valence-corrected chi connectivity index (χ2v) is 8.13. The lowest BCUT2D eigenvalue weighted by atomic mass is 10.00. The molecule has 5 nitrogen and oxygen atoms in total. The predicted molar refractivity (Wildman–Crippen MR) is 121 cm³/mol. The van der Waals surface area contributed by atoms with Crippen LogP contribution in [-0.4, -0.2) is 44.2 Å². The lowest BCUT2D eigenvalue weighted by molar-refractivity contribution is -0.119. The Kier molecular flexibility index (Phi) is 7.91. The number of anilines is 1. The predicted octanol–water partition coefficient (Wildman–Crippen LogP) is 4.95. The van der Waals surface area contributed by atoms with Gasteiger partial charge in [0.05, 0.1) is 14.2 Å². The highest BCUT2D eigenvalue weighted by Gasteiger charge is 2.29. The van der Waals surface area contributed by atoms with Gasteiger partial charge < -0.3 is 14.4 Å². The van der Waals surface area contributed by atoms with Crippen LogP contribution in [0.15, 0.2) is 36.4 Å². The molecule has 1 heterocycles. The normalized spacial score (nSPS) is 15.0. The third-order valence-corrected chi connectivity index (χ3v) is 5.97. The highest BCUT2D eigenvalue weighted by atomic mass is 19.1. The highest BCUT2D eigenvalue weighted by Crippen LogP contribution is 2.29. The van der Waals surface area contributed by atoms with Gasteiger partial charge in [0.15, 0.2) is 0 Å². The van der Waals surface area contributed by atoms with E-state index in [1.807, 2.05) is 36.1 Å². The number of carbonyl (C=O) groups is 1. The van der Waals surface area contributed by atoms with Gasteiger partial charge >= 0.3 is 0 Å². The number of hydrogen-bond donors (Lipinski definition) is 0. The van der Waals surface area contributed by atoms with Crippen molar-refractivity contribution < 1.29 is 18.7 Å². The molecule has 0 radical (unpaired) electrons. The maximum absolute atomic E-state index is 14.2. The summed E-state index contributed by atoms with van der Waals surface area (Å²) in [6, 6.07) is 11.0. The maximum Gasteiger partial charge on any atom is 0.227 e. The monoisotopic (exact) mass is 428 g/mol. The molecular weight excluding hydrogens is 395 g/mol. The number of likely N-dealkylation sites (tertiary alicyclic amines) is 1. The molecule has 1 fully saturated rings. The summed E-state index contributed by atoms with van der Waals surface area (Å²) < 4.78 is 25.1. The van der Waals surface area contributed by atoms with Crippen LogP contribution in [0.1, 0.15) is 43.7 Å². The van der Waals surface area contributed by atoms with Crippen molar-refractivity contribution >= 4 is 11.6 Å². The molecule has 1 amide bonds. The fraction of sp³-hybridized carbons (Fsp3) is 0.480. The second-order valence-electron chi connectivity index (χ2n) is 8.13. The van der Waals surface area contributed by atoms with E-state index in [-0.39, 0.29) is 17.8 Å². The Morgan fingerprint density at radius 1 is 1.13 bits per heavy atom. The van der Waals surface area contributed by atoms with Crippen LogP contribution >= 0.6 is 0 Å². The summed E-state index contributed by atoms with van der Waals surface area (Å²) in [6.45, 7) is 6.21. The van der Waals surface area contributed by atoms with E-state index in [0.717, 1.165) is 56.0 Å². The van der Waals surface area contributed by atoms with Crippen LogP contribution < -0.4 is 14.4 Å². The van der Waals surface area contributed by atoms with Crippen LogP contribution in [-0.2, 0) is 11.3 Å². The number of nitrogens with zero attached hydrogens (tertiary/aromatic N) is 2. The smallest absolute Gasteiger partial charge is 0.227 e. The molecule has 31 heavy (non-hydrogen) atoms. The van der Waals surface area contributed by atoms with Gasteiger partial charge in [-0.2, -0.15) is 0 Å². The first-order valence-electron chi connectivity index (χ1n) is 11.0. The number of piperidine rings is 1. The summed E-state index contributed by atoms with van der Waals surface area (Å²) in [7, 11) is 3.34. The molecule has 3 rings (SSSR count). The summed E-state index contributed by atoms with van der Waals surface area (Å²) in [5.41, 5.74) is 2.34. The van der Waals surface area contributed by atoms with Crippen molar-refractivity contribution in [2.24, 2.45) is 0 Å². The Morgan fingerprint density at radius 2 is 1.87 bits per heavy atom. The first-order valence-corrected chi connectivity index (χ1v) is 11.0. The Hall–Kier alpha value is -2.60. The lowest BCUT2D eigenvalue weighted by Gasteiger charge is -2.39. The molecule has 168 valence electrons. The third kappa shape index (κ3) is 5.56. The lowest BCUT2D eigenvalue weighted by Crippen LogP contribution is -2.47. The summed E-state index contributed by atoms with van der Waals surface area (Å²) in [5.74, 6) is 1.45. The molecule has 0 bridgehead atoms. The van der Waals surface area contributed by atoms with Crippen LogP contribution in [0.25, 0.3) is 0 Å². The van der Waals surface area contributed by atoms with Crippen molar-refractivity contribution in [3.05, 3.63) is 53.3 Å². The number of ether oxygens (including phenoxy) is 2. The summed E-state index contributed by atoms with van der Waals surface area (Å²) in [4.78, 5) is 17.1. The standard InChI is InChI=1S/C25H33FN2O3/c1-5-6-25(29)28(21-8-7-18(2)23(26)16-21)20-11-13-27(14-12-20)17-19-15-22(30-3)9-10-24(19)31-4/h7-10,15-16,20H,5-6,11-14,17H2,1-4H3. The van der Waals surface area contributed by atoms with E-state index in [4.69, 9.17) is 9.47 Å². The zero-order chi connectivity index (χ0) is 22.4. The minimum Gasteiger partial charge on any atom is -0.497 e. The molecule has 1 aliphatic rings. The van der Waals surface area contributed by atoms with Gasteiger partial charge in [0.2, 0.25) is 5.91 Å². The molecular formula is C25H33FN2O3. The van der Waals surface area contributed by atoms with Crippen molar-refractivity contribution in [1.82, 2.24) is 4.90 Å². The van der Waals surface area contributed by atoms with Gasteiger partial charge in [0.25, 0.3) is 0 Å². The molecule has 0 unspecified atom stereocenters. The van der Waals surface area contributed by atoms with E-state index in [9.17, 15) is 9.18 Å². The van der Waals surface area contributed by atoms with E-state index in [0.29, 0.717) is 17.7 Å². The summed E-state index contributed by atoms with van der Waals surface area (Å²) in [5, 5.41) is 0. The van der Waals surface area contributed by atoms with Gasteiger partial charge in [-0.1, -0.05) is 13.0 Å². The van der Waals surface area contributed by atoms with Crippen LogP contribution in [0.3, 0.4) is 0 Å². The minimum absolute atomic E-state index is 0.0682. The molecule has 1 aliphatic heterocycles. The van der Waals surface area contributed by atoms with Crippen LogP contribution in [0.4, 0.5) is 10.1 Å².